The van der Waals surface area contributed by atoms with Gasteiger partial charge in [0.1, 0.15) is 28.5 Å². The summed E-state index contributed by atoms with van der Waals surface area (Å²) in [5, 5.41) is 15.3. The average Bonchev–Trinajstić information content (AvgIpc) is 3.42. The summed E-state index contributed by atoms with van der Waals surface area (Å²) in [7, 11) is 1.65. The fraction of sp³-hybridized carbons (Fsp3) is 0.241. The first-order chi connectivity index (χ1) is 18.6. The average molecular weight is 528 g/mol. The lowest BCUT2D eigenvalue weighted by Gasteiger charge is -2.16. The summed E-state index contributed by atoms with van der Waals surface area (Å²) in [6.07, 6.45) is 2.98. The minimum Gasteiger partial charge on any atom is -0.497 e. The number of methoxy groups -OCH3 is 1. The van der Waals surface area contributed by atoms with Gasteiger partial charge in [0.15, 0.2) is 5.13 Å². The molecule has 3 aromatic heterocycles. The molecule has 194 valence electrons. The Morgan fingerprint density at radius 2 is 1.92 bits per heavy atom. The Morgan fingerprint density at radius 1 is 1.08 bits per heavy atom. The molecule has 9 heteroatoms. The zero-order valence-corrected chi connectivity index (χ0v) is 22.2. The molecule has 0 amide bonds. The van der Waals surface area contributed by atoms with Crippen molar-refractivity contribution in [2.24, 2.45) is 0 Å². The van der Waals surface area contributed by atoms with Gasteiger partial charge in [0.25, 0.3) is 5.56 Å². The minimum atomic E-state index is -0.106. The van der Waals surface area contributed by atoms with Gasteiger partial charge >= 0.3 is 0 Å². The number of nitrogens with zero attached hydrogens (tertiary/aromatic N) is 4. The maximum Gasteiger partial charge on any atom is 0.261 e. The van der Waals surface area contributed by atoms with Crippen molar-refractivity contribution < 1.29 is 9.84 Å². The van der Waals surface area contributed by atoms with E-state index in [4.69, 9.17) is 14.8 Å². The highest BCUT2D eigenvalue weighted by molar-refractivity contribution is 7.14. The molecular weight excluding hydrogens is 498 g/mol. The lowest BCUT2D eigenvalue weighted by molar-refractivity contribution is 0.311. The van der Waals surface area contributed by atoms with Crippen LogP contribution in [0.5, 0.6) is 5.75 Å². The van der Waals surface area contributed by atoms with Gasteiger partial charge in [-0.25, -0.2) is 9.97 Å². The highest BCUT2D eigenvalue weighted by Crippen LogP contribution is 2.28. The number of benzene rings is 2. The number of rotatable bonds is 10. The largest absolute Gasteiger partial charge is 0.497 e. The topological polar surface area (TPSA) is 102 Å². The van der Waals surface area contributed by atoms with Crippen LogP contribution in [-0.2, 0) is 19.4 Å². The second kappa shape index (κ2) is 11.5. The van der Waals surface area contributed by atoms with E-state index in [9.17, 15) is 4.79 Å². The molecule has 0 atom stereocenters. The van der Waals surface area contributed by atoms with Crippen molar-refractivity contribution in [1.29, 1.82) is 0 Å². The molecule has 0 aliphatic rings. The Kier molecular flexibility index (Phi) is 7.76. The molecule has 2 aromatic carbocycles. The van der Waals surface area contributed by atoms with Gasteiger partial charge in [0.2, 0.25) is 0 Å². The van der Waals surface area contributed by atoms with Crippen LogP contribution in [0.15, 0.2) is 71.0 Å². The van der Waals surface area contributed by atoms with Crippen LogP contribution in [-0.4, -0.2) is 44.9 Å². The molecule has 0 aliphatic heterocycles. The SMILES string of the molecule is COc1ccc(Cn2c(CCc3ccccc3)nc3c(-c4csc(NCCO)n4)nccc3c2=O)c(C)c1. The predicted octanol–water partition coefficient (Wildman–Crippen LogP) is 4.47. The fourth-order valence-electron chi connectivity index (χ4n) is 4.40. The zero-order chi connectivity index (χ0) is 26.5. The molecule has 0 saturated heterocycles. The Morgan fingerprint density at radius 3 is 2.68 bits per heavy atom. The summed E-state index contributed by atoms with van der Waals surface area (Å²) >= 11 is 1.42. The van der Waals surface area contributed by atoms with Crippen LogP contribution in [0, 0.1) is 6.92 Å². The molecule has 5 aromatic rings. The maximum atomic E-state index is 13.9. The highest BCUT2D eigenvalue weighted by Gasteiger charge is 2.18. The van der Waals surface area contributed by atoms with E-state index in [1.165, 1.54) is 16.9 Å². The Balaban J connectivity index is 1.61. The number of fused-ring (bicyclic) bond motifs is 1. The minimum absolute atomic E-state index is 0.0149. The van der Waals surface area contributed by atoms with E-state index < -0.39 is 0 Å². The normalized spacial score (nSPS) is 11.1. The number of aliphatic hydroxyl groups is 1. The third-order valence-electron chi connectivity index (χ3n) is 6.45. The van der Waals surface area contributed by atoms with Crippen LogP contribution < -0.4 is 15.6 Å². The molecule has 0 spiro atoms. The van der Waals surface area contributed by atoms with E-state index in [1.807, 2.05) is 48.7 Å². The number of hydrogen-bond acceptors (Lipinski definition) is 8. The van der Waals surface area contributed by atoms with Gasteiger partial charge in [-0.15, -0.1) is 11.3 Å². The molecule has 0 radical (unpaired) electrons. The molecule has 0 unspecified atom stereocenters. The number of thiazole rings is 1. The molecule has 0 aliphatic carbocycles. The lowest BCUT2D eigenvalue weighted by Crippen LogP contribution is -2.27. The summed E-state index contributed by atoms with van der Waals surface area (Å²) < 4.78 is 7.14. The summed E-state index contributed by atoms with van der Waals surface area (Å²) in [5.41, 5.74) is 4.91. The summed E-state index contributed by atoms with van der Waals surface area (Å²) in [4.78, 5) is 28.2. The van der Waals surface area contributed by atoms with E-state index >= 15 is 0 Å². The molecular formula is C29H29N5O3S. The van der Waals surface area contributed by atoms with Gasteiger partial charge in [0.05, 0.1) is 25.6 Å². The van der Waals surface area contributed by atoms with E-state index in [1.54, 1.807) is 23.9 Å². The third kappa shape index (κ3) is 5.44. The highest BCUT2D eigenvalue weighted by atomic mass is 32.1. The van der Waals surface area contributed by atoms with Crippen molar-refractivity contribution >= 4 is 27.4 Å². The second-order valence-corrected chi connectivity index (χ2v) is 9.80. The Bertz CT molecular complexity index is 1610. The van der Waals surface area contributed by atoms with Gasteiger partial charge in [-0.1, -0.05) is 36.4 Å². The van der Waals surface area contributed by atoms with Crippen molar-refractivity contribution in [3.63, 3.8) is 0 Å². The standard InChI is InChI=1S/C29H29N5O3S/c1-19-16-22(37-2)10-9-21(19)17-34-25(11-8-20-6-4-3-5-7-20)33-26-23(28(34)36)12-13-30-27(26)24-18-38-29(32-24)31-14-15-35/h3-7,9-10,12-13,16,18,35H,8,11,14-15,17H2,1-2H3,(H,31,32). The molecule has 0 saturated carbocycles. The zero-order valence-electron chi connectivity index (χ0n) is 21.3. The summed E-state index contributed by atoms with van der Waals surface area (Å²) in [6, 6.07) is 17.8. The molecule has 0 bridgehead atoms. The van der Waals surface area contributed by atoms with Gasteiger partial charge in [-0.05, 0) is 48.2 Å². The molecule has 8 nitrogen and oxygen atoms in total. The first kappa shape index (κ1) is 25.6. The van der Waals surface area contributed by atoms with Crippen LogP contribution in [0.3, 0.4) is 0 Å². The maximum absolute atomic E-state index is 13.9. The van der Waals surface area contributed by atoms with Crippen LogP contribution in [0.4, 0.5) is 5.13 Å². The van der Waals surface area contributed by atoms with Crippen molar-refractivity contribution in [2.75, 3.05) is 25.6 Å². The second-order valence-electron chi connectivity index (χ2n) is 8.94. The molecule has 38 heavy (non-hydrogen) atoms. The number of nitrogens with one attached hydrogen (secondary N) is 1. The molecule has 0 fully saturated rings. The van der Waals surface area contributed by atoms with E-state index in [-0.39, 0.29) is 12.2 Å². The van der Waals surface area contributed by atoms with Crippen molar-refractivity contribution in [3.05, 3.63) is 99.0 Å². The van der Waals surface area contributed by atoms with E-state index in [0.29, 0.717) is 52.8 Å². The fourth-order valence-corrected chi connectivity index (χ4v) is 5.13. The predicted molar refractivity (Wildman–Crippen MR) is 151 cm³/mol. The molecule has 5 rings (SSSR count). The number of anilines is 1. The number of ether oxygens (including phenoxy) is 1. The summed E-state index contributed by atoms with van der Waals surface area (Å²) in [5.74, 6) is 1.48. The first-order valence-corrected chi connectivity index (χ1v) is 13.3. The third-order valence-corrected chi connectivity index (χ3v) is 7.25. The number of aliphatic hydroxyl groups excluding tert-OH is 1. The smallest absolute Gasteiger partial charge is 0.261 e. The van der Waals surface area contributed by atoms with E-state index in [0.717, 1.165) is 23.3 Å². The van der Waals surface area contributed by atoms with Crippen LogP contribution >= 0.6 is 11.3 Å². The molecule has 3 heterocycles. The van der Waals surface area contributed by atoms with E-state index in [2.05, 4.69) is 27.4 Å². The quantitative estimate of drug-likeness (QED) is 0.276. The van der Waals surface area contributed by atoms with Crippen LogP contribution in [0.2, 0.25) is 0 Å². The van der Waals surface area contributed by atoms with Crippen molar-refractivity contribution in [1.82, 2.24) is 19.5 Å². The Hall–Kier alpha value is -4.08. The van der Waals surface area contributed by atoms with Crippen molar-refractivity contribution in [3.8, 4) is 17.1 Å². The van der Waals surface area contributed by atoms with Crippen LogP contribution in [0.1, 0.15) is 22.5 Å². The summed E-state index contributed by atoms with van der Waals surface area (Å²) in [6.45, 7) is 2.85. The number of aromatic nitrogens is 4. The number of hydrogen-bond donors (Lipinski definition) is 2. The van der Waals surface area contributed by atoms with Gasteiger partial charge < -0.3 is 15.2 Å². The Labute approximate surface area is 224 Å². The number of pyridine rings is 1. The number of aryl methyl sites for hydroxylation is 3. The van der Waals surface area contributed by atoms with Gasteiger partial charge in [-0.3, -0.25) is 14.3 Å². The van der Waals surface area contributed by atoms with Gasteiger partial charge in [-0.2, -0.15) is 0 Å². The monoisotopic (exact) mass is 527 g/mol. The van der Waals surface area contributed by atoms with Crippen molar-refractivity contribution in [2.45, 2.75) is 26.3 Å². The molecule has 2 N–H and O–H groups in total. The van der Waals surface area contributed by atoms with Crippen LogP contribution in [0.25, 0.3) is 22.3 Å². The van der Waals surface area contributed by atoms with Gasteiger partial charge in [0, 0.05) is 24.5 Å². The lowest BCUT2D eigenvalue weighted by atomic mass is 10.1. The first-order valence-electron chi connectivity index (χ1n) is 12.4.